The minimum Gasteiger partial charge on any atom is -0.371 e. The summed E-state index contributed by atoms with van der Waals surface area (Å²) in [7, 11) is 0. The van der Waals surface area contributed by atoms with Crippen molar-refractivity contribution in [1.29, 1.82) is 0 Å². The molecule has 3 rings (SSSR count). The Balaban J connectivity index is 2.01. The molecule has 1 amide bonds. The molecule has 0 unspecified atom stereocenters. The molecule has 3 aliphatic rings. The van der Waals surface area contributed by atoms with Crippen molar-refractivity contribution in [2.45, 2.75) is 50.7 Å². The molecule has 0 bridgehead atoms. The molecule has 2 N–H and O–H groups in total. The number of hydrogen-bond donors (Lipinski definition) is 2. The maximum absolute atomic E-state index is 11.9. The van der Waals surface area contributed by atoms with Crippen molar-refractivity contribution in [2.24, 2.45) is 11.3 Å². The molecule has 2 saturated carbocycles. The fraction of sp³-hybridized carbons (Fsp3) is 0.909. The van der Waals surface area contributed by atoms with Gasteiger partial charge in [-0.25, -0.2) is 0 Å². The quantitative estimate of drug-likeness (QED) is 0.609. The summed E-state index contributed by atoms with van der Waals surface area (Å²) >= 11 is 0. The van der Waals surface area contributed by atoms with Crippen LogP contribution in [0.2, 0.25) is 0 Å². The SMILES string of the molecule is O=C1N[C@]2(O)CCC[C@@H]2C12CCCC2. The highest BCUT2D eigenvalue weighted by atomic mass is 16.3. The van der Waals surface area contributed by atoms with Gasteiger partial charge in [-0.1, -0.05) is 12.8 Å². The summed E-state index contributed by atoms with van der Waals surface area (Å²) < 4.78 is 0. The van der Waals surface area contributed by atoms with Crippen LogP contribution in [0, 0.1) is 11.3 Å². The van der Waals surface area contributed by atoms with E-state index < -0.39 is 5.72 Å². The third-order valence-electron chi connectivity index (χ3n) is 4.57. The fourth-order valence-electron chi connectivity index (χ4n) is 3.93. The number of aliphatic hydroxyl groups is 1. The van der Waals surface area contributed by atoms with Gasteiger partial charge in [0.1, 0.15) is 5.72 Å². The number of carbonyl (C=O) groups is 1. The summed E-state index contributed by atoms with van der Waals surface area (Å²) in [5.74, 6) is 0.326. The van der Waals surface area contributed by atoms with Gasteiger partial charge in [0.2, 0.25) is 5.91 Å². The van der Waals surface area contributed by atoms with Gasteiger partial charge in [-0.15, -0.1) is 0 Å². The Kier molecular flexibility index (Phi) is 1.56. The Morgan fingerprint density at radius 3 is 2.64 bits per heavy atom. The predicted octanol–water partition coefficient (Wildman–Crippen LogP) is 1.17. The predicted molar refractivity (Wildman–Crippen MR) is 51.3 cm³/mol. The number of fused-ring (bicyclic) bond motifs is 2. The van der Waals surface area contributed by atoms with Crippen LogP contribution in [0.15, 0.2) is 0 Å². The molecule has 3 fully saturated rings. The third-order valence-corrected chi connectivity index (χ3v) is 4.57. The lowest BCUT2D eigenvalue weighted by Gasteiger charge is -2.29. The van der Waals surface area contributed by atoms with Crippen molar-refractivity contribution >= 4 is 5.91 Å². The van der Waals surface area contributed by atoms with E-state index in [1.54, 1.807) is 0 Å². The number of rotatable bonds is 0. The molecule has 0 radical (unpaired) electrons. The molecule has 1 spiro atoms. The van der Waals surface area contributed by atoms with E-state index in [2.05, 4.69) is 5.32 Å². The summed E-state index contributed by atoms with van der Waals surface area (Å²) in [5.41, 5.74) is -1.04. The maximum Gasteiger partial charge on any atom is 0.228 e. The van der Waals surface area contributed by atoms with Crippen molar-refractivity contribution in [3.05, 3.63) is 0 Å². The van der Waals surface area contributed by atoms with Crippen LogP contribution in [-0.4, -0.2) is 16.7 Å². The monoisotopic (exact) mass is 195 g/mol. The first-order chi connectivity index (χ1) is 6.67. The van der Waals surface area contributed by atoms with Crippen LogP contribution in [0.25, 0.3) is 0 Å². The van der Waals surface area contributed by atoms with Crippen molar-refractivity contribution in [2.75, 3.05) is 0 Å². The Hall–Kier alpha value is -0.570. The lowest BCUT2D eigenvalue weighted by molar-refractivity contribution is -0.129. The average molecular weight is 195 g/mol. The Labute approximate surface area is 83.9 Å². The van der Waals surface area contributed by atoms with E-state index in [-0.39, 0.29) is 17.2 Å². The van der Waals surface area contributed by atoms with Gasteiger partial charge in [-0.05, 0) is 32.1 Å². The van der Waals surface area contributed by atoms with Crippen LogP contribution >= 0.6 is 0 Å². The van der Waals surface area contributed by atoms with E-state index in [1.807, 2.05) is 0 Å². The second-order valence-electron chi connectivity index (χ2n) is 5.19. The Morgan fingerprint density at radius 1 is 1.21 bits per heavy atom. The zero-order valence-corrected chi connectivity index (χ0v) is 8.38. The van der Waals surface area contributed by atoms with E-state index in [4.69, 9.17) is 0 Å². The highest BCUT2D eigenvalue weighted by molar-refractivity contribution is 5.87. The topological polar surface area (TPSA) is 49.3 Å². The van der Waals surface area contributed by atoms with Gasteiger partial charge in [-0.3, -0.25) is 4.79 Å². The minimum atomic E-state index is -0.846. The Bertz CT molecular complexity index is 283. The first kappa shape index (κ1) is 8.72. The molecule has 0 aromatic carbocycles. The van der Waals surface area contributed by atoms with Crippen molar-refractivity contribution in [3.63, 3.8) is 0 Å². The second kappa shape index (κ2) is 2.51. The summed E-state index contributed by atoms with van der Waals surface area (Å²) in [5, 5.41) is 13.1. The molecule has 1 saturated heterocycles. The van der Waals surface area contributed by atoms with Gasteiger partial charge in [0, 0.05) is 5.92 Å². The molecular weight excluding hydrogens is 178 g/mol. The molecule has 3 nitrogen and oxygen atoms in total. The molecule has 0 aromatic rings. The number of amides is 1. The molecule has 14 heavy (non-hydrogen) atoms. The molecule has 78 valence electrons. The molecule has 2 atom stereocenters. The summed E-state index contributed by atoms with van der Waals surface area (Å²) in [6.45, 7) is 0. The molecule has 1 aliphatic heterocycles. The standard InChI is InChI=1S/C11H17NO2/c13-9-10(5-1-2-6-10)8-4-3-7-11(8,14)12-9/h8,14H,1-7H2,(H,12,13)/t8-,11+/m1/s1. The number of nitrogens with one attached hydrogen (secondary N) is 1. The van der Waals surface area contributed by atoms with E-state index in [0.29, 0.717) is 0 Å². The van der Waals surface area contributed by atoms with Gasteiger partial charge in [0.15, 0.2) is 0 Å². The number of hydrogen-bond acceptors (Lipinski definition) is 2. The van der Waals surface area contributed by atoms with Gasteiger partial charge in [0.25, 0.3) is 0 Å². The maximum atomic E-state index is 11.9. The normalized spacial score (nSPS) is 44.4. The van der Waals surface area contributed by atoms with Crippen LogP contribution in [0.1, 0.15) is 44.9 Å². The highest BCUT2D eigenvalue weighted by Gasteiger charge is 2.63. The molecule has 1 heterocycles. The first-order valence-electron chi connectivity index (χ1n) is 5.72. The summed E-state index contributed by atoms with van der Waals surface area (Å²) in [6, 6.07) is 0. The smallest absolute Gasteiger partial charge is 0.228 e. The Morgan fingerprint density at radius 2 is 1.93 bits per heavy atom. The van der Waals surface area contributed by atoms with E-state index in [9.17, 15) is 9.90 Å². The molecule has 0 aromatic heterocycles. The van der Waals surface area contributed by atoms with E-state index in [1.165, 1.54) is 0 Å². The van der Waals surface area contributed by atoms with Gasteiger partial charge in [-0.2, -0.15) is 0 Å². The van der Waals surface area contributed by atoms with Crippen molar-refractivity contribution in [1.82, 2.24) is 5.32 Å². The zero-order chi connectivity index (χ0) is 9.81. The minimum absolute atomic E-state index is 0.127. The van der Waals surface area contributed by atoms with Gasteiger partial charge in [0.05, 0.1) is 5.41 Å². The largest absolute Gasteiger partial charge is 0.371 e. The molecule has 3 heteroatoms. The molecule has 2 aliphatic carbocycles. The lowest BCUT2D eigenvalue weighted by Crippen LogP contribution is -2.42. The summed E-state index contributed by atoms with van der Waals surface area (Å²) in [4.78, 5) is 11.9. The number of carbonyl (C=O) groups excluding carboxylic acids is 1. The van der Waals surface area contributed by atoms with Crippen LogP contribution in [-0.2, 0) is 4.79 Å². The summed E-state index contributed by atoms with van der Waals surface area (Å²) in [6.07, 6.45) is 7.13. The van der Waals surface area contributed by atoms with Crippen LogP contribution in [0.5, 0.6) is 0 Å². The fourth-order valence-corrected chi connectivity index (χ4v) is 3.93. The van der Waals surface area contributed by atoms with Gasteiger partial charge < -0.3 is 10.4 Å². The highest BCUT2D eigenvalue weighted by Crippen LogP contribution is 2.57. The van der Waals surface area contributed by atoms with Crippen molar-refractivity contribution < 1.29 is 9.90 Å². The molecular formula is C11H17NO2. The van der Waals surface area contributed by atoms with E-state index in [0.717, 1.165) is 44.9 Å². The van der Waals surface area contributed by atoms with Crippen LogP contribution in [0.3, 0.4) is 0 Å². The lowest BCUT2D eigenvalue weighted by atomic mass is 9.73. The van der Waals surface area contributed by atoms with Crippen LogP contribution < -0.4 is 5.32 Å². The second-order valence-corrected chi connectivity index (χ2v) is 5.19. The zero-order valence-electron chi connectivity index (χ0n) is 8.38. The van der Waals surface area contributed by atoms with Crippen LogP contribution in [0.4, 0.5) is 0 Å². The third kappa shape index (κ3) is 0.842. The first-order valence-corrected chi connectivity index (χ1v) is 5.72. The van der Waals surface area contributed by atoms with Crippen molar-refractivity contribution in [3.8, 4) is 0 Å². The average Bonchev–Trinajstić information content (AvgIpc) is 2.74. The van der Waals surface area contributed by atoms with Gasteiger partial charge >= 0.3 is 0 Å². The van der Waals surface area contributed by atoms with E-state index >= 15 is 0 Å².